The topological polar surface area (TPSA) is 79.6 Å². The Hall–Kier alpha value is -2.77. The summed E-state index contributed by atoms with van der Waals surface area (Å²) < 4.78 is 7.56. The molecule has 4 rings (SSSR count). The minimum Gasteiger partial charge on any atom is -0.495 e. The van der Waals surface area contributed by atoms with E-state index in [-0.39, 0.29) is 0 Å². The lowest BCUT2D eigenvalue weighted by atomic mass is 9.96. The summed E-state index contributed by atoms with van der Waals surface area (Å²) in [4.78, 5) is 7.27. The number of para-hydroxylation sites is 2. The van der Waals surface area contributed by atoms with Crippen molar-refractivity contribution in [1.82, 2.24) is 25.4 Å². The maximum atomic E-state index is 5.56. The largest absolute Gasteiger partial charge is 0.495 e. The van der Waals surface area contributed by atoms with Gasteiger partial charge in [-0.2, -0.15) is 0 Å². The number of methoxy groups -OCH3 is 1. The van der Waals surface area contributed by atoms with E-state index in [1.807, 2.05) is 30.7 Å². The fraction of sp³-hybridized carbons (Fsp3) is 0.609. The van der Waals surface area contributed by atoms with Crippen LogP contribution in [0.5, 0.6) is 5.75 Å². The van der Waals surface area contributed by atoms with E-state index >= 15 is 0 Å². The summed E-state index contributed by atoms with van der Waals surface area (Å²) in [5, 5.41) is 15.8. The highest BCUT2D eigenvalue weighted by Crippen LogP contribution is 2.30. The maximum Gasteiger partial charge on any atom is 0.192 e. The normalized spacial score (nSPS) is 20.2. The summed E-state index contributed by atoms with van der Waals surface area (Å²) in [6.45, 7) is 4.40. The molecule has 2 heterocycles. The highest BCUT2D eigenvalue weighted by Gasteiger charge is 2.26. The molecule has 8 heteroatoms. The van der Waals surface area contributed by atoms with E-state index in [1.54, 1.807) is 7.11 Å². The van der Waals surface area contributed by atoms with Gasteiger partial charge >= 0.3 is 0 Å². The predicted octanol–water partition coefficient (Wildman–Crippen LogP) is 2.78. The molecule has 168 valence electrons. The third kappa shape index (κ3) is 5.29. The molecule has 0 radical (unpaired) electrons. The first-order valence-electron chi connectivity index (χ1n) is 11.4. The summed E-state index contributed by atoms with van der Waals surface area (Å²) in [5.41, 5.74) is 1.16. The number of anilines is 1. The van der Waals surface area contributed by atoms with Crippen molar-refractivity contribution in [3.05, 3.63) is 35.9 Å². The summed E-state index contributed by atoms with van der Waals surface area (Å²) in [6, 6.07) is 9.07. The second-order valence-corrected chi connectivity index (χ2v) is 8.61. The first kappa shape index (κ1) is 21.5. The van der Waals surface area contributed by atoms with Crippen LogP contribution in [-0.2, 0) is 13.6 Å². The molecule has 1 saturated heterocycles. The van der Waals surface area contributed by atoms with Gasteiger partial charge in [-0.05, 0) is 38.3 Å². The fourth-order valence-corrected chi connectivity index (χ4v) is 4.49. The van der Waals surface area contributed by atoms with Crippen LogP contribution in [0.2, 0.25) is 0 Å². The standard InChI is InChI=1S/C23H35N7O/c1-17-27-28-22(29(17)2)15-24-23(25-18-9-5-4-6-10-18)26-19-13-14-30(16-19)20-11-7-8-12-21(20)31-3/h7-8,11-12,18-19H,4-6,9-10,13-16H2,1-3H3,(H2,24,25,26). The van der Waals surface area contributed by atoms with E-state index in [0.717, 1.165) is 48.6 Å². The summed E-state index contributed by atoms with van der Waals surface area (Å²) in [6.07, 6.45) is 7.40. The third-order valence-electron chi connectivity index (χ3n) is 6.46. The number of benzene rings is 1. The molecule has 2 N–H and O–H groups in total. The second-order valence-electron chi connectivity index (χ2n) is 8.61. The summed E-state index contributed by atoms with van der Waals surface area (Å²) in [7, 11) is 3.72. The zero-order valence-electron chi connectivity index (χ0n) is 19.0. The molecule has 1 aromatic carbocycles. The van der Waals surface area contributed by atoms with Gasteiger partial charge in [0.15, 0.2) is 11.8 Å². The van der Waals surface area contributed by atoms with Gasteiger partial charge in [0.25, 0.3) is 0 Å². The second kappa shape index (κ2) is 10.0. The molecular formula is C23H35N7O. The van der Waals surface area contributed by atoms with Gasteiger partial charge in [-0.3, -0.25) is 0 Å². The van der Waals surface area contributed by atoms with Crippen molar-refractivity contribution in [3.63, 3.8) is 0 Å². The monoisotopic (exact) mass is 425 g/mol. The lowest BCUT2D eigenvalue weighted by Gasteiger charge is -2.27. The number of aromatic nitrogens is 3. The van der Waals surface area contributed by atoms with Gasteiger partial charge in [0.1, 0.15) is 18.1 Å². The summed E-state index contributed by atoms with van der Waals surface area (Å²) >= 11 is 0. The van der Waals surface area contributed by atoms with Crippen molar-refractivity contribution >= 4 is 11.6 Å². The number of ether oxygens (including phenoxy) is 1. The molecule has 1 aliphatic heterocycles. The number of aliphatic imine (C=N–C) groups is 1. The Bertz CT molecular complexity index is 888. The highest BCUT2D eigenvalue weighted by molar-refractivity contribution is 5.80. The molecule has 0 bridgehead atoms. The first-order valence-corrected chi connectivity index (χ1v) is 11.4. The zero-order chi connectivity index (χ0) is 21.6. The average Bonchev–Trinajstić information content (AvgIpc) is 3.39. The Balaban J connectivity index is 1.43. The van der Waals surface area contributed by atoms with Crippen LogP contribution in [0.3, 0.4) is 0 Å². The SMILES string of the molecule is COc1ccccc1N1CCC(NC(=NCc2nnc(C)n2C)NC2CCCCC2)C1. The van der Waals surface area contributed by atoms with Gasteiger partial charge in [0.2, 0.25) is 0 Å². The first-order chi connectivity index (χ1) is 15.1. The van der Waals surface area contributed by atoms with Crippen LogP contribution in [-0.4, -0.2) is 53.0 Å². The van der Waals surface area contributed by atoms with Crippen LogP contribution in [0.4, 0.5) is 5.69 Å². The van der Waals surface area contributed by atoms with Crippen molar-refractivity contribution < 1.29 is 4.74 Å². The molecule has 1 atom stereocenters. The van der Waals surface area contributed by atoms with E-state index in [0.29, 0.717) is 18.6 Å². The molecule has 2 fully saturated rings. The maximum absolute atomic E-state index is 5.56. The van der Waals surface area contributed by atoms with Crippen molar-refractivity contribution in [2.75, 3.05) is 25.1 Å². The van der Waals surface area contributed by atoms with Crippen LogP contribution in [0.15, 0.2) is 29.3 Å². The lowest BCUT2D eigenvalue weighted by Crippen LogP contribution is -2.48. The fourth-order valence-electron chi connectivity index (χ4n) is 4.49. The summed E-state index contributed by atoms with van der Waals surface area (Å²) in [5.74, 6) is 3.60. The average molecular weight is 426 g/mol. The molecule has 1 aliphatic carbocycles. The molecule has 2 aliphatic rings. The number of hydrogen-bond acceptors (Lipinski definition) is 5. The van der Waals surface area contributed by atoms with E-state index in [4.69, 9.17) is 9.73 Å². The van der Waals surface area contributed by atoms with Gasteiger partial charge in [-0.1, -0.05) is 31.4 Å². The number of rotatable bonds is 6. The number of nitrogens with one attached hydrogen (secondary N) is 2. The number of aryl methyl sites for hydroxylation is 1. The number of guanidine groups is 1. The highest BCUT2D eigenvalue weighted by atomic mass is 16.5. The number of nitrogens with zero attached hydrogens (tertiary/aromatic N) is 5. The van der Waals surface area contributed by atoms with Gasteiger partial charge < -0.3 is 24.8 Å². The molecule has 8 nitrogen and oxygen atoms in total. The molecule has 1 saturated carbocycles. The van der Waals surface area contributed by atoms with Gasteiger partial charge in [0.05, 0.1) is 12.8 Å². The van der Waals surface area contributed by atoms with Crippen molar-refractivity contribution in [3.8, 4) is 5.75 Å². The molecule has 1 unspecified atom stereocenters. The minimum atomic E-state index is 0.334. The Labute approximate surface area is 185 Å². The molecular weight excluding hydrogens is 390 g/mol. The smallest absolute Gasteiger partial charge is 0.192 e. The van der Waals surface area contributed by atoms with Crippen LogP contribution >= 0.6 is 0 Å². The van der Waals surface area contributed by atoms with Crippen LogP contribution in [0.25, 0.3) is 0 Å². The van der Waals surface area contributed by atoms with Crippen molar-refractivity contribution in [2.24, 2.45) is 12.0 Å². The molecule has 1 aromatic heterocycles. The molecule has 2 aromatic rings. The van der Waals surface area contributed by atoms with E-state index in [9.17, 15) is 0 Å². The van der Waals surface area contributed by atoms with Crippen LogP contribution in [0.1, 0.15) is 50.2 Å². The zero-order valence-corrected chi connectivity index (χ0v) is 19.0. The van der Waals surface area contributed by atoms with Crippen LogP contribution < -0.4 is 20.3 Å². The third-order valence-corrected chi connectivity index (χ3v) is 6.46. The van der Waals surface area contributed by atoms with E-state index in [2.05, 4.69) is 37.9 Å². The lowest BCUT2D eigenvalue weighted by molar-refractivity contribution is 0.408. The Morgan fingerprint density at radius 3 is 2.61 bits per heavy atom. The van der Waals surface area contributed by atoms with Crippen molar-refractivity contribution in [1.29, 1.82) is 0 Å². The Morgan fingerprint density at radius 1 is 1.10 bits per heavy atom. The van der Waals surface area contributed by atoms with E-state index in [1.165, 1.54) is 32.1 Å². The Kier molecular flexibility index (Phi) is 6.94. The van der Waals surface area contributed by atoms with Crippen LogP contribution in [0, 0.1) is 6.92 Å². The molecule has 31 heavy (non-hydrogen) atoms. The van der Waals surface area contributed by atoms with Crippen molar-refractivity contribution in [2.45, 2.75) is 64.1 Å². The number of hydrogen-bond donors (Lipinski definition) is 2. The molecule has 0 spiro atoms. The predicted molar refractivity (Wildman–Crippen MR) is 124 cm³/mol. The Morgan fingerprint density at radius 2 is 1.87 bits per heavy atom. The van der Waals surface area contributed by atoms with Gasteiger partial charge in [-0.25, -0.2) is 4.99 Å². The van der Waals surface area contributed by atoms with Gasteiger partial charge in [-0.15, -0.1) is 10.2 Å². The van der Waals surface area contributed by atoms with Gasteiger partial charge in [0, 0.05) is 32.2 Å². The van der Waals surface area contributed by atoms with E-state index < -0.39 is 0 Å². The minimum absolute atomic E-state index is 0.334. The molecule has 0 amide bonds. The quantitative estimate of drug-likeness (QED) is 0.547.